The molecule has 1 aliphatic heterocycles. The van der Waals surface area contributed by atoms with E-state index in [0.717, 1.165) is 12.8 Å². The van der Waals surface area contributed by atoms with E-state index in [1.807, 2.05) is 30.3 Å². The van der Waals surface area contributed by atoms with Gasteiger partial charge < -0.3 is 35.2 Å². The van der Waals surface area contributed by atoms with Crippen LogP contribution in [0.2, 0.25) is 0 Å². The number of ether oxygens (including phenoxy) is 2. The monoisotopic (exact) mass is 369 g/mol. The molecule has 0 saturated carbocycles. The third-order valence-electron chi connectivity index (χ3n) is 4.27. The Balaban J connectivity index is 1.61. The van der Waals surface area contributed by atoms with Crippen molar-refractivity contribution in [3.05, 3.63) is 35.9 Å². The average Bonchev–Trinajstić information content (AvgIpc) is 2.66. The quantitative estimate of drug-likeness (QED) is 0.351. The van der Waals surface area contributed by atoms with E-state index in [1.54, 1.807) is 0 Å². The van der Waals surface area contributed by atoms with Gasteiger partial charge in [0.2, 0.25) is 5.91 Å². The van der Waals surface area contributed by atoms with Gasteiger partial charge in [0.25, 0.3) is 0 Å². The minimum atomic E-state index is -1.47. The Bertz CT molecular complexity index is 540. The molecular weight excluding hydrogens is 342 g/mol. The van der Waals surface area contributed by atoms with Crippen LogP contribution in [0.15, 0.2) is 30.3 Å². The molecule has 0 aromatic heterocycles. The van der Waals surface area contributed by atoms with Crippen LogP contribution in [0.1, 0.15) is 18.4 Å². The normalized spacial score (nSPS) is 28.7. The van der Waals surface area contributed by atoms with E-state index in [-0.39, 0.29) is 19.1 Å². The van der Waals surface area contributed by atoms with E-state index in [0.29, 0.717) is 6.42 Å². The van der Waals surface area contributed by atoms with Gasteiger partial charge in [0.1, 0.15) is 24.4 Å². The second-order valence-corrected chi connectivity index (χ2v) is 6.26. The molecule has 0 spiro atoms. The maximum absolute atomic E-state index is 11.8. The number of hydrogen-bond acceptors (Lipinski definition) is 7. The Hall–Kier alpha value is -1.55. The Labute approximate surface area is 152 Å². The van der Waals surface area contributed by atoms with Crippen molar-refractivity contribution in [1.29, 1.82) is 0 Å². The van der Waals surface area contributed by atoms with E-state index in [9.17, 15) is 20.1 Å². The molecule has 1 fully saturated rings. The minimum absolute atomic E-state index is 0.0626. The van der Waals surface area contributed by atoms with Crippen molar-refractivity contribution in [2.24, 2.45) is 0 Å². The summed E-state index contributed by atoms with van der Waals surface area (Å²) in [4.78, 5) is 11.8. The number of amides is 1. The summed E-state index contributed by atoms with van der Waals surface area (Å²) in [5, 5.41) is 41.0. The average molecular weight is 369 g/mol. The number of rotatable bonds is 9. The predicted octanol–water partition coefficient (Wildman–Crippen LogP) is -1.06. The van der Waals surface area contributed by atoms with Crippen molar-refractivity contribution in [2.45, 2.75) is 50.0 Å². The number of hydrogen-bond donors (Lipinski definition) is 5. The van der Waals surface area contributed by atoms with Crippen molar-refractivity contribution in [1.82, 2.24) is 5.32 Å². The summed E-state index contributed by atoms with van der Waals surface area (Å²) in [6.07, 6.45) is -4.55. The van der Waals surface area contributed by atoms with Crippen LogP contribution in [0.5, 0.6) is 0 Å². The van der Waals surface area contributed by atoms with E-state index in [4.69, 9.17) is 14.6 Å². The Morgan fingerprint density at radius 3 is 2.54 bits per heavy atom. The molecule has 146 valence electrons. The standard InChI is InChI=1S/C18H27NO7/c20-11-13-15(22)16(23)17(24)18(26-13)25-10-9-19-14(21)8-4-7-12-5-2-1-3-6-12/h1-3,5-6,13,15-18,20,22-24H,4,7-11H2,(H,19,21)/t13-,15+,16+,17-,18-/m1/s1. The maximum atomic E-state index is 11.8. The molecule has 0 unspecified atom stereocenters. The third kappa shape index (κ3) is 6.01. The Kier molecular flexibility index (Phi) is 8.43. The van der Waals surface area contributed by atoms with Gasteiger partial charge in [-0.05, 0) is 18.4 Å². The number of benzene rings is 1. The molecule has 8 nitrogen and oxygen atoms in total. The number of aliphatic hydroxyl groups excluding tert-OH is 4. The zero-order chi connectivity index (χ0) is 18.9. The molecule has 1 aromatic rings. The van der Waals surface area contributed by atoms with E-state index in [2.05, 4.69) is 5.32 Å². The molecule has 1 amide bonds. The molecule has 1 heterocycles. The minimum Gasteiger partial charge on any atom is -0.394 e. The Morgan fingerprint density at radius 2 is 1.85 bits per heavy atom. The van der Waals surface area contributed by atoms with Gasteiger partial charge in [-0.15, -0.1) is 0 Å². The lowest BCUT2D eigenvalue weighted by atomic mass is 9.99. The lowest BCUT2D eigenvalue weighted by Gasteiger charge is -2.39. The molecule has 0 aliphatic carbocycles. The fraction of sp³-hybridized carbons (Fsp3) is 0.611. The van der Waals surface area contributed by atoms with Crippen molar-refractivity contribution in [2.75, 3.05) is 19.8 Å². The number of aryl methyl sites for hydroxylation is 1. The van der Waals surface area contributed by atoms with Gasteiger partial charge in [-0.1, -0.05) is 30.3 Å². The number of carbonyl (C=O) groups excluding carboxylic acids is 1. The predicted molar refractivity (Wildman–Crippen MR) is 92.1 cm³/mol. The van der Waals surface area contributed by atoms with Crippen LogP contribution in [0.25, 0.3) is 0 Å². The SMILES string of the molecule is O=C(CCCc1ccccc1)NCCO[C@@H]1O[C@H](CO)[C@H](O)[C@H](O)[C@H]1O. The fourth-order valence-electron chi connectivity index (χ4n) is 2.76. The highest BCUT2D eigenvalue weighted by atomic mass is 16.7. The largest absolute Gasteiger partial charge is 0.394 e. The lowest BCUT2D eigenvalue weighted by Crippen LogP contribution is -2.59. The van der Waals surface area contributed by atoms with Crippen molar-refractivity contribution >= 4 is 5.91 Å². The molecule has 8 heteroatoms. The molecule has 1 aromatic carbocycles. The maximum Gasteiger partial charge on any atom is 0.220 e. The van der Waals surface area contributed by atoms with Gasteiger partial charge in [-0.25, -0.2) is 0 Å². The summed E-state index contributed by atoms with van der Waals surface area (Å²) >= 11 is 0. The van der Waals surface area contributed by atoms with Crippen molar-refractivity contribution < 1.29 is 34.7 Å². The van der Waals surface area contributed by atoms with Gasteiger partial charge in [-0.2, -0.15) is 0 Å². The van der Waals surface area contributed by atoms with Gasteiger partial charge in [-0.3, -0.25) is 4.79 Å². The highest BCUT2D eigenvalue weighted by Gasteiger charge is 2.43. The van der Waals surface area contributed by atoms with Crippen LogP contribution < -0.4 is 5.32 Å². The number of aliphatic hydroxyl groups is 4. The smallest absolute Gasteiger partial charge is 0.220 e. The second-order valence-electron chi connectivity index (χ2n) is 6.26. The second kappa shape index (κ2) is 10.6. The van der Waals surface area contributed by atoms with Crippen molar-refractivity contribution in [3.63, 3.8) is 0 Å². The zero-order valence-corrected chi connectivity index (χ0v) is 14.5. The first kappa shape index (κ1) is 20.8. The summed E-state index contributed by atoms with van der Waals surface area (Å²) in [5.74, 6) is -0.0988. The first-order valence-corrected chi connectivity index (χ1v) is 8.75. The zero-order valence-electron chi connectivity index (χ0n) is 14.5. The Morgan fingerprint density at radius 1 is 1.12 bits per heavy atom. The van der Waals surface area contributed by atoms with Gasteiger partial charge >= 0.3 is 0 Å². The van der Waals surface area contributed by atoms with Crippen LogP contribution in [0.3, 0.4) is 0 Å². The fourth-order valence-corrected chi connectivity index (χ4v) is 2.76. The summed E-state index contributed by atoms with van der Waals surface area (Å²) in [5.41, 5.74) is 1.19. The molecule has 0 radical (unpaired) electrons. The highest BCUT2D eigenvalue weighted by molar-refractivity contribution is 5.75. The highest BCUT2D eigenvalue weighted by Crippen LogP contribution is 2.21. The van der Waals surface area contributed by atoms with Crippen LogP contribution in [0, 0.1) is 0 Å². The summed E-state index contributed by atoms with van der Waals surface area (Å²) in [6, 6.07) is 9.92. The summed E-state index contributed by atoms with van der Waals surface area (Å²) in [7, 11) is 0. The van der Waals surface area contributed by atoms with Gasteiger partial charge in [0, 0.05) is 13.0 Å². The third-order valence-corrected chi connectivity index (χ3v) is 4.27. The summed E-state index contributed by atoms with van der Waals surface area (Å²) in [6.45, 7) is -0.227. The van der Waals surface area contributed by atoms with Crippen molar-refractivity contribution in [3.8, 4) is 0 Å². The lowest BCUT2D eigenvalue weighted by molar-refractivity contribution is -0.300. The molecule has 1 saturated heterocycles. The van der Waals surface area contributed by atoms with E-state index < -0.39 is 37.3 Å². The van der Waals surface area contributed by atoms with E-state index >= 15 is 0 Å². The number of nitrogens with one attached hydrogen (secondary N) is 1. The van der Waals surface area contributed by atoms with Crippen LogP contribution in [-0.2, 0) is 20.7 Å². The van der Waals surface area contributed by atoms with Gasteiger partial charge in [0.05, 0.1) is 13.2 Å². The van der Waals surface area contributed by atoms with Crippen LogP contribution in [0.4, 0.5) is 0 Å². The van der Waals surface area contributed by atoms with Gasteiger partial charge in [0.15, 0.2) is 6.29 Å². The first-order valence-electron chi connectivity index (χ1n) is 8.75. The molecule has 5 atom stereocenters. The topological polar surface area (TPSA) is 128 Å². The number of carbonyl (C=O) groups is 1. The summed E-state index contributed by atoms with van der Waals surface area (Å²) < 4.78 is 10.5. The molecule has 2 rings (SSSR count). The van der Waals surface area contributed by atoms with Crippen LogP contribution in [-0.4, -0.2) is 76.8 Å². The molecule has 26 heavy (non-hydrogen) atoms. The molecule has 1 aliphatic rings. The van der Waals surface area contributed by atoms with Crippen LogP contribution >= 0.6 is 0 Å². The molecular formula is C18H27NO7. The molecule has 5 N–H and O–H groups in total. The van der Waals surface area contributed by atoms with E-state index in [1.165, 1.54) is 5.56 Å². The molecule has 0 bridgehead atoms. The first-order chi connectivity index (χ1) is 12.5.